The fourth-order valence-electron chi connectivity index (χ4n) is 3.43. The van der Waals surface area contributed by atoms with Gasteiger partial charge in [0, 0.05) is 31.0 Å². The predicted molar refractivity (Wildman–Crippen MR) is 77.2 cm³/mol. The second kappa shape index (κ2) is 6.36. The van der Waals surface area contributed by atoms with Crippen molar-refractivity contribution >= 4 is 5.78 Å². The van der Waals surface area contributed by atoms with Crippen molar-refractivity contribution in [3.63, 3.8) is 0 Å². The Morgan fingerprint density at radius 2 is 2.16 bits per heavy atom. The number of ketones is 1. The van der Waals surface area contributed by atoms with Crippen LogP contribution in [0.4, 0.5) is 0 Å². The number of piperidine rings is 1. The van der Waals surface area contributed by atoms with Crippen LogP contribution in [0.3, 0.4) is 0 Å². The molecular formula is C16H29NO2. The Kier molecular flexibility index (Phi) is 5.02. The highest BCUT2D eigenvalue weighted by molar-refractivity contribution is 5.88. The fourth-order valence-corrected chi connectivity index (χ4v) is 3.43. The molecule has 2 aliphatic rings. The van der Waals surface area contributed by atoms with Gasteiger partial charge in [-0.1, -0.05) is 20.8 Å². The van der Waals surface area contributed by atoms with Gasteiger partial charge in [-0.25, -0.2) is 0 Å². The number of ether oxygens (including phenoxy) is 1. The van der Waals surface area contributed by atoms with Gasteiger partial charge in [-0.2, -0.15) is 0 Å². The van der Waals surface area contributed by atoms with Gasteiger partial charge < -0.3 is 9.64 Å². The Morgan fingerprint density at radius 1 is 1.37 bits per heavy atom. The first-order valence-corrected chi connectivity index (χ1v) is 7.91. The average Bonchev–Trinajstić information content (AvgIpc) is 2.64. The van der Waals surface area contributed by atoms with Crippen molar-refractivity contribution in [3.8, 4) is 0 Å². The highest BCUT2D eigenvalue weighted by Gasteiger charge is 2.41. The number of likely N-dealkylation sites (tertiary alicyclic amines) is 1. The molecule has 0 aromatic rings. The summed E-state index contributed by atoms with van der Waals surface area (Å²) in [5.41, 5.74) is -0.0848. The van der Waals surface area contributed by atoms with E-state index in [-0.39, 0.29) is 11.3 Å². The SMILES string of the molecule is CCCOC1CCCN(CC2CCC(C)(C)C2=O)C1. The zero-order valence-electron chi connectivity index (χ0n) is 12.8. The molecule has 2 unspecified atom stereocenters. The number of hydrogen-bond acceptors (Lipinski definition) is 3. The first kappa shape index (κ1) is 15.0. The Bertz CT molecular complexity index is 314. The Morgan fingerprint density at radius 3 is 2.79 bits per heavy atom. The molecule has 0 radical (unpaired) electrons. The summed E-state index contributed by atoms with van der Waals surface area (Å²) in [6.07, 6.45) is 5.99. The smallest absolute Gasteiger partial charge is 0.142 e. The predicted octanol–water partition coefficient (Wildman–Crippen LogP) is 2.88. The van der Waals surface area contributed by atoms with Crippen LogP contribution in [0.1, 0.15) is 52.9 Å². The van der Waals surface area contributed by atoms with E-state index in [0.717, 1.165) is 45.5 Å². The normalized spacial score (nSPS) is 31.8. The molecule has 0 amide bonds. The van der Waals surface area contributed by atoms with Gasteiger partial charge in [0.2, 0.25) is 0 Å². The second-order valence-corrected chi connectivity index (χ2v) is 6.88. The van der Waals surface area contributed by atoms with Gasteiger partial charge in [0.25, 0.3) is 0 Å². The molecule has 0 N–H and O–H groups in total. The first-order valence-electron chi connectivity index (χ1n) is 7.91. The van der Waals surface area contributed by atoms with Crippen molar-refractivity contribution in [1.29, 1.82) is 0 Å². The third-order valence-corrected chi connectivity index (χ3v) is 4.65. The maximum absolute atomic E-state index is 12.3. The Hall–Kier alpha value is -0.410. The zero-order valence-corrected chi connectivity index (χ0v) is 12.8. The van der Waals surface area contributed by atoms with Crippen molar-refractivity contribution < 1.29 is 9.53 Å². The van der Waals surface area contributed by atoms with Crippen LogP contribution in [0.5, 0.6) is 0 Å². The van der Waals surface area contributed by atoms with E-state index in [1.54, 1.807) is 0 Å². The van der Waals surface area contributed by atoms with Gasteiger partial charge >= 0.3 is 0 Å². The number of hydrogen-bond donors (Lipinski definition) is 0. The molecule has 1 aliphatic heterocycles. The van der Waals surface area contributed by atoms with Crippen LogP contribution in [0.2, 0.25) is 0 Å². The molecule has 2 fully saturated rings. The lowest BCUT2D eigenvalue weighted by molar-refractivity contribution is -0.128. The van der Waals surface area contributed by atoms with Crippen LogP contribution < -0.4 is 0 Å². The lowest BCUT2D eigenvalue weighted by Gasteiger charge is -2.34. The molecule has 1 saturated heterocycles. The second-order valence-electron chi connectivity index (χ2n) is 6.88. The molecule has 3 nitrogen and oxygen atoms in total. The summed E-state index contributed by atoms with van der Waals surface area (Å²) >= 11 is 0. The maximum atomic E-state index is 12.3. The molecule has 0 aromatic carbocycles. The van der Waals surface area contributed by atoms with E-state index in [2.05, 4.69) is 25.7 Å². The van der Waals surface area contributed by atoms with E-state index in [9.17, 15) is 4.79 Å². The third-order valence-electron chi connectivity index (χ3n) is 4.65. The van der Waals surface area contributed by atoms with Crippen molar-refractivity contribution in [2.24, 2.45) is 11.3 Å². The summed E-state index contributed by atoms with van der Waals surface area (Å²) in [6, 6.07) is 0. The number of nitrogens with zero attached hydrogens (tertiary/aromatic N) is 1. The van der Waals surface area contributed by atoms with Crippen molar-refractivity contribution in [2.45, 2.75) is 59.0 Å². The van der Waals surface area contributed by atoms with Crippen LogP contribution >= 0.6 is 0 Å². The largest absolute Gasteiger partial charge is 0.377 e. The monoisotopic (exact) mass is 267 g/mol. The van der Waals surface area contributed by atoms with E-state index in [0.29, 0.717) is 11.9 Å². The summed E-state index contributed by atoms with van der Waals surface area (Å²) in [5.74, 6) is 0.740. The molecule has 1 saturated carbocycles. The fraction of sp³-hybridized carbons (Fsp3) is 0.938. The maximum Gasteiger partial charge on any atom is 0.142 e. The average molecular weight is 267 g/mol. The zero-order chi connectivity index (χ0) is 13.9. The lowest BCUT2D eigenvalue weighted by Crippen LogP contribution is -2.43. The summed E-state index contributed by atoms with van der Waals surface area (Å²) in [6.45, 7) is 10.3. The Labute approximate surface area is 117 Å². The lowest BCUT2D eigenvalue weighted by atomic mass is 9.89. The standard InChI is InChI=1S/C16H29NO2/c1-4-10-19-14-6-5-9-17(12-14)11-13-7-8-16(2,3)15(13)18/h13-14H,4-12H2,1-3H3. The van der Waals surface area contributed by atoms with E-state index in [1.165, 1.54) is 12.8 Å². The topological polar surface area (TPSA) is 29.5 Å². The minimum atomic E-state index is -0.0848. The van der Waals surface area contributed by atoms with Crippen molar-refractivity contribution in [1.82, 2.24) is 4.90 Å². The van der Waals surface area contributed by atoms with Gasteiger partial charge in [-0.3, -0.25) is 4.79 Å². The van der Waals surface area contributed by atoms with Crippen LogP contribution in [-0.2, 0) is 9.53 Å². The summed E-state index contributed by atoms with van der Waals surface area (Å²) in [4.78, 5) is 14.7. The molecule has 0 bridgehead atoms. The highest BCUT2D eigenvalue weighted by atomic mass is 16.5. The van der Waals surface area contributed by atoms with Crippen LogP contribution in [0.15, 0.2) is 0 Å². The van der Waals surface area contributed by atoms with Gasteiger partial charge in [-0.05, 0) is 38.6 Å². The highest BCUT2D eigenvalue weighted by Crippen LogP contribution is 2.38. The van der Waals surface area contributed by atoms with Gasteiger partial charge in [0.15, 0.2) is 0 Å². The quantitative estimate of drug-likeness (QED) is 0.767. The molecule has 1 aliphatic carbocycles. The van der Waals surface area contributed by atoms with E-state index >= 15 is 0 Å². The molecule has 1 heterocycles. The summed E-state index contributed by atoms with van der Waals surface area (Å²) in [7, 11) is 0. The molecular weight excluding hydrogens is 238 g/mol. The molecule has 0 aromatic heterocycles. The van der Waals surface area contributed by atoms with Gasteiger partial charge in [0.1, 0.15) is 5.78 Å². The number of carbonyl (C=O) groups is 1. The van der Waals surface area contributed by atoms with Crippen LogP contribution in [0, 0.1) is 11.3 Å². The molecule has 2 rings (SSSR count). The minimum Gasteiger partial charge on any atom is -0.377 e. The van der Waals surface area contributed by atoms with Crippen molar-refractivity contribution in [3.05, 3.63) is 0 Å². The van der Waals surface area contributed by atoms with Crippen molar-refractivity contribution in [2.75, 3.05) is 26.2 Å². The van der Waals surface area contributed by atoms with Gasteiger partial charge in [-0.15, -0.1) is 0 Å². The molecule has 2 atom stereocenters. The first-order chi connectivity index (χ1) is 9.03. The molecule has 110 valence electrons. The minimum absolute atomic E-state index is 0.0848. The number of rotatable bonds is 5. The van der Waals surface area contributed by atoms with Gasteiger partial charge in [0.05, 0.1) is 6.10 Å². The summed E-state index contributed by atoms with van der Waals surface area (Å²) in [5, 5.41) is 0. The van der Waals surface area contributed by atoms with E-state index in [1.807, 2.05) is 0 Å². The van der Waals surface area contributed by atoms with E-state index < -0.39 is 0 Å². The molecule has 3 heteroatoms. The van der Waals surface area contributed by atoms with Crippen LogP contribution in [0.25, 0.3) is 0 Å². The van der Waals surface area contributed by atoms with Crippen LogP contribution in [-0.4, -0.2) is 43.0 Å². The number of Topliss-reactive ketones (excluding diaryl/α,β-unsaturated/α-hetero) is 1. The number of carbonyl (C=O) groups excluding carboxylic acids is 1. The third kappa shape index (κ3) is 3.79. The summed E-state index contributed by atoms with van der Waals surface area (Å²) < 4.78 is 5.87. The Balaban J connectivity index is 1.81. The van der Waals surface area contributed by atoms with E-state index in [4.69, 9.17) is 4.74 Å². The molecule has 0 spiro atoms. The molecule has 19 heavy (non-hydrogen) atoms.